The molecule has 5 heteroatoms. The fourth-order valence-corrected chi connectivity index (χ4v) is 1.42. The second kappa shape index (κ2) is 8.49. The van der Waals surface area contributed by atoms with E-state index in [9.17, 15) is 0 Å². The van der Waals surface area contributed by atoms with Crippen molar-refractivity contribution in [2.75, 3.05) is 13.2 Å². The quantitative estimate of drug-likeness (QED) is 0.157. The predicted molar refractivity (Wildman–Crippen MR) is 61.0 cm³/mol. The Bertz CT molecular complexity index is 184. The first-order valence-electron chi connectivity index (χ1n) is 5.40. The summed E-state index contributed by atoms with van der Waals surface area (Å²) in [5.74, 6) is 0.819. The van der Waals surface area contributed by atoms with Crippen LogP contribution in [-0.2, 0) is 0 Å². The molecule has 90 valence electrons. The van der Waals surface area contributed by atoms with Crippen LogP contribution in [-0.4, -0.2) is 35.3 Å². The van der Waals surface area contributed by atoms with Crippen molar-refractivity contribution in [3.05, 3.63) is 0 Å². The molecule has 1 atom stereocenters. The molecule has 0 bridgehead atoms. The van der Waals surface area contributed by atoms with Crippen molar-refractivity contribution < 1.29 is 10.3 Å². The van der Waals surface area contributed by atoms with Crippen molar-refractivity contribution >= 4 is 5.84 Å². The van der Waals surface area contributed by atoms with Crippen LogP contribution in [0.5, 0.6) is 0 Å². The molecule has 0 rings (SSSR count). The number of nitrogens with two attached hydrogens (primary N) is 1. The molecule has 5 N–H and O–H groups in total. The summed E-state index contributed by atoms with van der Waals surface area (Å²) in [7, 11) is 0. The van der Waals surface area contributed by atoms with Crippen LogP contribution in [0.15, 0.2) is 5.16 Å². The van der Waals surface area contributed by atoms with Crippen molar-refractivity contribution in [1.29, 1.82) is 0 Å². The third-order valence-electron chi connectivity index (χ3n) is 2.15. The molecule has 0 aromatic heterocycles. The number of amidine groups is 1. The van der Waals surface area contributed by atoms with Crippen molar-refractivity contribution in [2.45, 2.75) is 39.2 Å². The average Bonchev–Trinajstić information content (AvgIpc) is 2.21. The molecule has 0 spiro atoms. The van der Waals surface area contributed by atoms with Crippen molar-refractivity contribution in [1.82, 2.24) is 5.32 Å². The summed E-state index contributed by atoms with van der Waals surface area (Å²) in [6, 6.07) is 0.150. The molecule has 15 heavy (non-hydrogen) atoms. The lowest BCUT2D eigenvalue weighted by atomic mass is 10.0. The van der Waals surface area contributed by atoms with E-state index in [4.69, 9.17) is 16.0 Å². The molecule has 1 unspecified atom stereocenters. The fraction of sp³-hybridized carbons (Fsp3) is 0.900. The highest BCUT2D eigenvalue weighted by Crippen LogP contribution is 2.04. The lowest BCUT2D eigenvalue weighted by Crippen LogP contribution is -2.34. The average molecular weight is 217 g/mol. The molecular weight excluding hydrogens is 194 g/mol. The van der Waals surface area contributed by atoms with E-state index in [1.807, 2.05) is 0 Å². The van der Waals surface area contributed by atoms with Gasteiger partial charge in [0.15, 0.2) is 0 Å². The number of hydrogen-bond donors (Lipinski definition) is 4. The van der Waals surface area contributed by atoms with Crippen LogP contribution < -0.4 is 11.1 Å². The van der Waals surface area contributed by atoms with Gasteiger partial charge in [0.05, 0.1) is 6.61 Å². The Balaban J connectivity index is 3.55. The summed E-state index contributed by atoms with van der Waals surface area (Å²) in [5, 5.41) is 23.5. The molecule has 0 aliphatic rings. The molecule has 0 amide bonds. The maximum absolute atomic E-state index is 9.08. The largest absolute Gasteiger partial charge is 0.409 e. The molecule has 0 saturated heterocycles. The van der Waals surface area contributed by atoms with E-state index in [1.54, 1.807) is 0 Å². The number of nitrogens with zero attached hydrogens (tertiary/aromatic N) is 1. The van der Waals surface area contributed by atoms with Gasteiger partial charge in [-0.05, 0) is 25.3 Å². The molecule has 0 saturated carbocycles. The minimum absolute atomic E-state index is 0.150. The van der Waals surface area contributed by atoms with Gasteiger partial charge in [0.25, 0.3) is 0 Å². The van der Waals surface area contributed by atoms with E-state index in [0.717, 1.165) is 19.4 Å². The first kappa shape index (κ1) is 14.2. The predicted octanol–water partition coefficient (Wildman–Crippen LogP) is 0.510. The summed E-state index contributed by atoms with van der Waals surface area (Å²) in [6.45, 7) is 5.18. The van der Waals surface area contributed by atoms with Gasteiger partial charge in [-0.1, -0.05) is 19.0 Å². The van der Waals surface area contributed by atoms with Gasteiger partial charge in [0.1, 0.15) is 5.84 Å². The van der Waals surface area contributed by atoms with Crippen LogP contribution in [0.4, 0.5) is 0 Å². The highest BCUT2D eigenvalue weighted by atomic mass is 16.4. The maximum Gasteiger partial charge on any atom is 0.139 e. The number of hydrogen-bond acceptors (Lipinski definition) is 4. The molecule has 0 aliphatic heterocycles. The second-order valence-corrected chi connectivity index (χ2v) is 4.16. The second-order valence-electron chi connectivity index (χ2n) is 4.16. The molecule has 0 aromatic rings. The third-order valence-corrected chi connectivity index (χ3v) is 2.15. The molecule has 0 fully saturated rings. The summed E-state index contributed by atoms with van der Waals surface area (Å²) in [5.41, 5.74) is 5.33. The number of oxime groups is 1. The Morgan fingerprint density at radius 1 is 1.47 bits per heavy atom. The molecule has 0 aromatic carbocycles. The van der Waals surface area contributed by atoms with Gasteiger partial charge in [0, 0.05) is 12.5 Å². The first-order valence-corrected chi connectivity index (χ1v) is 5.40. The van der Waals surface area contributed by atoms with Gasteiger partial charge in [-0.3, -0.25) is 0 Å². The van der Waals surface area contributed by atoms with E-state index < -0.39 is 0 Å². The Kier molecular flexibility index (Phi) is 8.04. The normalized spacial score (nSPS) is 14.5. The zero-order valence-electron chi connectivity index (χ0n) is 9.61. The van der Waals surface area contributed by atoms with Crippen LogP contribution in [0.2, 0.25) is 0 Å². The molecule has 5 nitrogen and oxygen atoms in total. The van der Waals surface area contributed by atoms with Crippen LogP contribution >= 0.6 is 0 Å². The first-order chi connectivity index (χ1) is 7.10. The number of nitrogens with one attached hydrogen (secondary N) is 1. The Morgan fingerprint density at radius 3 is 2.60 bits per heavy atom. The monoisotopic (exact) mass is 217 g/mol. The lowest BCUT2D eigenvalue weighted by Gasteiger charge is -2.17. The molecule has 0 heterocycles. The summed E-state index contributed by atoms with van der Waals surface area (Å²) in [4.78, 5) is 0. The SMILES string of the molecule is CC(C)CC(CO)NCCCC(N)=NO. The van der Waals surface area contributed by atoms with E-state index in [2.05, 4.69) is 24.3 Å². The van der Waals surface area contributed by atoms with Crippen molar-refractivity contribution in [2.24, 2.45) is 16.8 Å². The lowest BCUT2D eigenvalue weighted by molar-refractivity contribution is 0.224. The molecular formula is C10H23N3O2. The minimum Gasteiger partial charge on any atom is -0.409 e. The minimum atomic E-state index is 0.150. The van der Waals surface area contributed by atoms with Crippen LogP contribution in [0.3, 0.4) is 0 Å². The van der Waals surface area contributed by atoms with Gasteiger partial charge in [-0.2, -0.15) is 0 Å². The van der Waals surface area contributed by atoms with Crippen LogP contribution in [0.25, 0.3) is 0 Å². The maximum atomic E-state index is 9.08. The highest BCUT2D eigenvalue weighted by molar-refractivity contribution is 5.79. The standard InChI is InChI=1S/C10H23N3O2/c1-8(2)6-9(7-14)12-5-3-4-10(11)13-15/h8-9,12,14-15H,3-7H2,1-2H3,(H2,11,13). The number of aliphatic hydroxyl groups is 1. The smallest absolute Gasteiger partial charge is 0.139 e. The van der Waals surface area contributed by atoms with Gasteiger partial charge >= 0.3 is 0 Å². The number of aliphatic hydroxyl groups excluding tert-OH is 1. The van der Waals surface area contributed by atoms with Gasteiger partial charge < -0.3 is 21.4 Å². The van der Waals surface area contributed by atoms with Crippen molar-refractivity contribution in [3.63, 3.8) is 0 Å². The van der Waals surface area contributed by atoms with Crippen LogP contribution in [0.1, 0.15) is 33.1 Å². The van der Waals surface area contributed by atoms with Crippen molar-refractivity contribution in [3.8, 4) is 0 Å². The zero-order chi connectivity index (χ0) is 11.7. The van der Waals surface area contributed by atoms with E-state index >= 15 is 0 Å². The molecule has 0 radical (unpaired) electrons. The third kappa shape index (κ3) is 8.20. The number of rotatable bonds is 8. The Hall–Kier alpha value is -0.810. The topological polar surface area (TPSA) is 90.9 Å². The van der Waals surface area contributed by atoms with Gasteiger partial charge in [0.2, 0.25) is 0 Å². The highest BCUT2D eigenvalue weighted by Gasteiger charge is 2.08. The summed E-state index contributed by atoms with van der Waals surface area (Å²) >= 11 is 0. The zero-order valence-corrected chi connectivity index (χ0v) is 9.61. The Labute approximate surface area is 91.4 Å². The van der Waals surface area contributed by atoms with E-state index in [-0.39, 0.29) is 18.5 Å². The molecule has 0 aliphatic carbocycles. The Morgan fingerprint density at radius 2 is 2.13 bits per heavy atom. The van der Waals surface area contributed by atoms with E-state index in [0.29, 0.717) is 12.3 Å². The summed E-state index contributed by atoms with van der Waals surface area (Å²) in [6.07, 6.45) is 2.34. The summed E-state index contributed by atoms with van der Waals surface area (Å²) < 4.78 is 0. The fourth-order valence-electron chi connectivity index (χ4n) is 1.42. The van der Waals surface area contributed by atoms with Crippen LogP contribution in [0, 0.1) is 5.92 Å². The van der Waals surface area contributed by atoms with Gasteiger partial charge in [-0.15, -0.1) is 0 Å². The van der Waals surface area contributed by atoms with E-state index in [1.165, 1.54) is 0 Å². The van der Waals surface area contributed by atoms with Gasteiger partial charge in [-0.25, -0.2) is 0 Å².